The highest BCUT2D eigenvalue weighted by Gasteiger charge is 2.21. The number of nitrogens with one attached hydrogen (secondary N) is 1. The van der Waals surface area contributed by atoms with Gasteiger partial charge >= 0.3 is 0 Å². The quantitative estimate of drug-likeness (QED) is 0.618. The minimum atomic E-state index is -0.437. The van der Waals surface area contributed by atoms with Crippen LogP contribution in [0, 0.1) is 10.1 Å². The van der Waals surface area contributed by atoms with Gasteiger partial charge in [-0.2, -0.15) is 0 Å². The Labute approximate surface area is 150 Å². The van der Waals surface area contributed by atoms with Crippen LogP contribution in [0.1, 0.15) is 6.42 Å². The first-order chi connectivity index (χ1) is 12.6. The van der Waals surface area contributed by atoms with Crippen LogP contribution in [0.4, 0.5) is 17.3 Å². The van der Waals surface area contributed by atoms with Crippen LogP contribution in [0.25, 0.3) is 0 Å². The molecule has 1 fully saturated rings. The number of non-ortho nitro benzene ring substituents is 1. The number of carbonyl (C=O) groups is 1. The van der Waals surface area contributed by atoms with E-state index in [1.54, 1.807) is 30.6 Å². The summed E-state index contributed by atoms with van der Waals surface area (Å²) in [4.78, 5) is 34.9. The van der Waals surface area contributed by atoms with Gasteiger partial charge in [0.25, 0.3) is 5.69 Å². The molecule has 0 radical (unpaired) electrons. The van der Waals surface area contributed by atoms with Crippen molar-refractivity contribution < 1.29 is 9.72 Å². The van der Waals surface area contributed by atoms with Crippen molar-refractivity contribution in [1.29, 1.82) is 0 Å². The van der Waals surface area contributed by atoms with Crippen molar-refractivity contribution in [2.75, 3.05) is 42.9 Å². The van der Waals surface area contributed by atoms with Crippen LogP contribution in [0.3, 0.4) is 0 Å². The second kappa shape index (κ2) is 8.24. The Kier molecular flexibility index (Phi) is 5.57. The Morgan fingerprint density at radius 1 is 1.12 bits per heavy atom. The summed E-state index contributed by atoms with van der Waals surface area (Å²) < 4.78 is 0. The van der Waals surface area contributed by atoms with Crippen LogP contribution in [-0.2, 0) is 4.79 Å². The molecule has 1 aromatic heterocycles. The highest BCUT2D eigenvalue weighted by atomic mass is 16.6. The number of anilines is 2. The zero-order chi connectivity index (χ0) is 18.4. The van der Waals surface area contributed by atoms with Crippen molar-refractivity contribution in [2.45, 2.75) is 6.42 Å². The summed E-state index contributed by atoms with van der Waals surface area (Å²) >= 11 is 0. The fraction of sp³-hybridized carbons (Fsp3) is 0.353. The lowest BCUT2D eigenvalue weighted by Gasteiger charge is -2.34. The number of hydrogen-bond donors (Lipinski definition) is 1. The Morgan fingerprint density at radius 3 is 2.38 bits per heavy atom. The Balaban J connectivity index is 1.41. The third-order valence-corrected chi connectivity index (χ3v) is 4.21. The second-order valence-corrected chi connectivity index (χ2v) is 5.90. The van der Waals surface area contributed by atoms with Crippen LogP contribution >= 0.6 is 0 Å². The maximum absolute atomic E-state index is 12.3. The van der Waals surface area contributed by atoms with Gasteiger partial charge in [0.2, 0.25) is 11.9 Å². The molecule has 9 nitrogen and oxygen atoms in total. The molecule has 0 spiro atoms. The molecule has 1 aliphatic heterocycles. The lowest BCUT2D eigenvalue weighted by atomic mass is 10.2. The summed E-state index contributed by atoms with van der Waals surface area (Å²) in [5.41, 5.74) is 0.807. The van der Waals surface area contributed by atoms with Gasteiger partial charge < -0.3 is 15.1 Å². The normalized spacial score (nSPS) is 14.2. The SMILES string of the molecule is O=C(CCNc1ccc([N+](=O)[O-])cc1)N1CCN(c2ncccn2)CC1. The summed E-state index contributed by atoms with van der Waals surface area (Å²) in [5.74, 6) is 0.785. The Morgan fingerprint density at radius 2 is 1.77 bits per heavy atom. The van der Waals surface area contributed by atoms with Crippen molar-refractivity contribution in [3.05, 3.63) is 52.8 Å². The molecule has 1 aromatic carbocycles. The van der Waals surface area contributed by atoms with Crippen molar-refractivity contribution >= 4 is 23.2 Å². The topological polar surface area (TPSA) is 104 Å². The molecule has 1 saturated heterocycles. The van der Waals surface area contributed by atoms with Gasteiger partial charge in [-0.3, -0.25) is 14.9 Å². The molecule has 26 heavy (non-hydrogen) atoms. The molecule has 0 atom stereocenters. The van der Waals surface area contributed by atoms with Gasteiger partial charge in [0.15, 0.2) is 0 Å². The maximum atomic E-state index is 12.3. The molecule has 0 unspecified atom stereocenters. The zero-order valence-corrected chi connectivity index (χ0v) is 14.2. The zero-order valence-electron chi connectivity index (χ0n) is 14.2. The lowest BCUT2D eigenvalue weighted by Crippen LogP contribution is -2.49. The van der Waals surface area contributed by atoms with E-state index < -0.39 is 4.92 Å². The predicted octanol–water partition coefficient (Wildman–Crippen LogP) is 1.54. The molecule has 1 amide bonds. The van der Waals surface area contributed by atoms with E-state index in [0.717, 1.165) is 5.69 Å². The van der Waals surface area contributed by atoms with Crippen molar-refractivity contribution in [1.82, 2.24) is 14.9 Å². The lowest BCUT2D eigenvalue weighted by molar-refractivity contribution is -0.384. The average molecular weight is 356 g/mol. The third-order valence-electron chi connectivity index (χ3n) is 4.21. The van der Waals surface area contributed by atoms with Crippen molar-refractivity contribution in [3.63, 3.8) is 0 Å². The average Bonchev–Trinajstić information content (AvgIpc) is 2.69. The first-order valence-electron chi connectivity index (χ1n) is 8.41. The molecule has 0 aliphatic carbocycles. The molecule has 0 saturated carbocycles. The number of piperazine rings is 1. The Bertz CT molecular complexity index is 745. The van der Waals surface area contributed by atoms with Crippen LogP contribution in [0.2, 0.25) is 0 Å². The van der Waals surface area contributed by atoms with Crippen molar-refractivity contribution in [2.24, 2.45) is 0 Å². The van der Waals surface area contributed by atoms with E-state index >= 15 is 0 Å². The number of carbonyl (C=O) groups excluding carboxylic acids is 1. The summed E-state index contributed by atoms with van der Waals surface area (Å²) in [5, 5.41) is 13.7. The molecular formula is C17H20N6O3. The van der Waals surface area contributed by atoms with E-state index in [1.165, 1.54) is 12.1 Å². The minimum Gasteiger partial charge on any atom is -0.385 e. The molecule has 2 aromatic rings. The number of nitro groups is 1. The molecule has 0 bridgehead atoms. The van der Waals surface area contributed by atoms with Crippen LogP contribution < -0.4 is 10.2 Å². The second-order valence-electron chi connectivity index (χ2n) is 5.90. The summed E-state index contributed by atoms with van der Waals surface area (Å²) in [6.07, 6.45) is 3.80. The van der Waals surface area contributed by atoms with E-state index in [1.807, 2.05) is 4.90 Å². The predicted molar refractivity (Wildman–Crippen MR) is 97.0 cm³/mol. The molecule has 1 aliphatic rings. The standard InChI is InChI=1S/C17H20N6O3/c24-16(6-9-18-14-2-4-15(5-3-14)23(25)26)21-10-12-22(13-11-21)17-19-7-1-8-20-17/h1-5,7-8,18H,6,9-13H2. The Hall–Kier alpha value is -3.23. The summed E-state index contributed by atoms with van der Waals surface area (Å²) in [6.45, 7) is 3.21. The van der Waals surface area contributed by atoms with Crippen LogP contribution in [-0.4, -0.2) is 58.4 Å². The van der Waals surface area contributed by atoms with E-state index in [2.05, 4.69) is 20.2 Å². The fourth-order valence-corrected chi connectivity index (χ4v) is 2.78. The number of rotatable bonds is 6. The highest BCUT2D eigenvalue weighted by molar-refractivity contribution is 5.77. The van der Waals surface area contributed by atoms with Gasteiger partial charge in [-0.15, -0.1) is 0 Å². The number of benzene rings is 1. The number of hydrogen-bond acceptors (Lipinski definition) is 7. The monoisotopic (exact) mass is 356 g/mol. The summed E-state index contributed by atoms with van der Waals surface area (Å²) in [6, 6.07) is 7.94. The van der Waals surface area contributed by atoms with Gasteiger partial charge in [-0.05, 0) is 18.2 Å². The van der Waals surface area contributed by atoms with Gasteiger partial charge in [-0.25, -0.2) is 9.97 Å². The van der Waals surface area contributed by atoms with Crippen LogP contribution in [0.5, 0.6) is 0 Å². The van der Waals surface area contributed by atoms with Gasteiger partial charge in [0, 0.05) is 69.4 Å². The molecule has 136 valence electrons. The molecule has 9 heteroatoms. The molecular weight excluding hydrogens is 336 g/mol. The van der Waals surface area contributed by atoms with E-state index in [0.29, 0.717) is 45.1 Å². The van der Waals surface area contributed by atoms with Gasteiger partial charge in [0.1, 0.15) is 0 Å². The number of aromatic nitrogens is 2. The first-order valence-corrected chi connectivity index (χ1v) is 8.41. The number of nitro benzene ring substituents is 1. The first kappa shape index (κ1) is 17.6. The smallest absolute Gasteiger partial charge is 0.269 e. The molecule has 1 N–H and O–H groups in total. The highest BCUT2D eigenvalue weighted by Crippen LogP contribution is 2.15. The third kappa shape index (κ3) is 4.44. The maximum Gasteiger partial charge on any atom is 0.269 e. The van der Waals surface area contributed by atoms with Crippen LogP contribution in [0.15, 0.2) is 42.7 Å². The van der Waals surface area contributed by atoms with Crippen molar-refractivity contribution in [3.8, 4) is 0 Å². The van der Waals surface area contributed by atoms with Gasteiger partial charge in [-0.1, -0.05) is 0 Å². The largest absolute Gasteiger partial charge is 0.385 e. The molecule has 2 heterocycles. The van der Waals surface area contributed by atoms with E-state index in [9.17, 15) is 14.9 Å². The number of amides is 1. The van der Waals surface area contributed by atoms with E-state index in [-0.39, 0.29) is 11.6 Å². The fourth-order valence-electron chi connectivity index (χ4n) is 2.78. The molecule has 3 rings (SSSR count). The summed E-state index contributed by atoms with van der Waals surface area (Å²) in [7, 11) is 0. The van der Waals surface area contributed by atoms with Gasteiger partial charge in [0.05, 0.1) is 4.92 Å². The number of nitrogens with zero attached hydrogens (tertiary/aromatic N) is 5. The van der Waals surface area contributed by atoms with E-state index in [4.69, 9.17) is 0 Å². The minimum absolute atomic E-state index is 0.0480.